The number of ether oxygens (including phenoxy) is 2. The van der Waals surface area contributed by atoms with Gasteiger partial charge in [0, 0.05) is 11.9 Å². The normalized spacial score (nSPS) is 10.1. The highest BCUT2D eigenvalue weighted by molar-refractivity contribution is 5.88. The number of benzene rings is 1. The Bertz CT molecular complexity index is 619. The first-order valence-electron chi connectivity index (χ1n) is 5.75. The SMILES string of the molecule is COC(=O)COC(=O)c1ccn(-c2ccc(N)cc2)n1. The molecule has 1 heterocycles. The van der Waals surface area contributed by atoms with E-state index in [2.05, 4.69) is 9.84 Å². The molecule has 20 heavy (non-hydrogen) atoms. The number of nitrogen functional groups attached to an aromatic ring is 1. The summed E-state index contributed by atoms with van der Waals surface area (Å²) < 4.78 is 10.6. The second-order valence-corrected chi connectivity index (χ2v) is 3.89. The summed E-state index contributed by atoms with van der Waals surface area (Å²) in [6, 6.07) is 8.49. The Morgan fingerprint density at radius 2 is 1.95 bits per heavy atom. The Hall–Kier alpha value is -2.83. The topological polar surface area (TPSA) is 96.4 Å². The molecule has 0 bridgehead atoms. The molecule has 0 spiro atoms. The number of carbonyl (C=O) groups excluding carboxylic acids is 2. The van der Waals surface area contributed by atoms with Crippen LogP contribution >= 0.6 is 0 Å². The summed E-state index contributed by atoms with van der Waals surface area (Å²) in [6.07, 6.45) is 1.61. The van der Waals surface area contributed by atoms with Gasteiger partial charge in [-0.25, -0.2) is 14.3 Å². The summed E-state index contributed by atoms with van der Waals surface area (Å²) in [4.78, 5) is 22.5. The van der Waals surface area contributed by atoms with E-state index in [-0.39, 0.29) is 5.69 Å². The molecule has 104 valence electrons. The van der Waals surface area contributed by atoms with Gasteiger partial charge in [-0.15, -0.1) is 0 Å². The van der Waals surface area contributed by atoms with Crippen molar-refractivity contribution in [2.45, 2.75) is 0 Å². The van der Waals surface area contributed by atoms with Crippen LogP contribution in [0.4, 0.5) is 5.69 Å². The molecule has 0 atom stereocenters. The van der Waals surface area contributed by atoms with Crippen LogP contribution in [0.25, 0.3) is 5.69 Å². The molecule has 0 fully saturated rings. The summed E-state index contributed by atoms with van der Waals surface area (Å²) in [5.41, 5.74) is 7.09. The Labute approximate surface area is 114 Å². The number of hydrogen-bond donors (Lipinski definition) is 1. The average Bonchev–Trinajstić information content (AvgIpc) is 2.95. The van der Waals surface area contributed by atoms with Crippen molar-refractivity contribution in [3.05, 3.63) is 42.2 Å². The Balaban J connectivity index is 2.06. The number of anilines is 1. The van der Waals surface area contributed by atoms with Crippen molar-refractivity contribution in [1.29, 1.82) is 0 Å². The van der Waals surface area contributed by atoms with Crippen molar-refractivity contribution in [3.8, 4) is 5.69 Å². The van der Waals surface area contributed by atoms with E-state index in [1.54, 1.807) is 30.5 Å². The maximum atomic E-state index is 11.6. The predicted molar refractivity (Wildman–Crippen MR) is 70.3 cm³/mol. The third-order valence-electron chi connectivity index (χ3n) is 2.50. The second-order valence-electron chi connectivity index (χ2n) is 3.89. The number of rotatable bonds is 4. The zero-order valence-corrected chi connectivity index (χ0v) is 10.8. The molecule has 0 unspecified atom stereocenters. The summed E-state index contributed by atoms with van der Waals surface area (Å²) in [5.74, 6) is -1.32. The monoisotopic (exact) mass is 275 g/mol. The highest BCUT2D eigenvalue weighted by atomic mass is 16.6. The molecule has 0 aliphatic carbocycles. The molecule has 0 aliphatic rings. The van der Waals surface area contributed by atoms with E-state index in [9.17, 15) is 9.59 Å². The molecule has 0 radical (unpaired) electrons. The minimum Gasteiger partial charge on any atom is -0.466 e. The number of nitrogens with two attached hydrogens (primary N) is 1. The molecule has 0 saturated heterocycles. The molecule has 2 N–H and O–H groups in total. The molecule has 0 saturated carbocycles. The van der Waals surface area contributed by atoms with E-state index in [0.29, 0.717) is 5.69 Å². The molecule has 2 aromatic rings. The first-order valence-corrected chi connectivity index (χ1v) is 5.75. The van der Waals surface area contributed by atoms with Gasteiger partial charge in [-0.2, -0.15) is 5.10 Å². The summed E-state index contributed by atoms with van der Waals surface area (Å²) in [7, 11) is 1.21. The number of hydrogen-bond acceptors (Lipinski definition) is 6. The Morgan fingerprint density at radius 3 is 2.60 bits per heavy atom. The fraction of sp³-hybridized carbons (Fsp3) is 0.154. The highest BCUT2D eigenvalue weighted by Crippen LogP contribution is 2.11. The molecule has 2 rings (SSSR count). The zero-order chi connectivity index (χ0) is 14.5. The number of methoxy groups -OCH3 is 1. The first-order chi connectivity index (χ1) is 9.60. The molecular weight excluding hydrogens is 262 g/mol. The van der Waals surface area contributed by atoms with Gasteiger partial charge >= 0.3 is 11.9 Å². The first kappa shape index (κ1) is 13.6. The van der Waals surface area contributed by atoms with Gasteiger partial charge in [0.05, 0.1) is 12.8 Å². The summed E-state index contributed by atoms with van der Waals surface area (Å²) >= 11 is 0. The van der Waals surface area contributed by atoms with Gasteiger partial charge in [-0.3, -0.25) is 0 Å². The maximum Gasteiger partial charge on any atom is 0.359 e. The van der Waals surface area contributed by atoms with E-state index in [1.807, 2.05) is 0 Å². The third kappa shape index (κ3) is 3.14. The van der Waals surface area contributed by atoms with E-state index in [1.165, 1.54) is 17.9 Å². The van der Waals surface area contributed by atoms with Gasteiger partial charge in [0.2, 0.25) is 0 Å². The highest BCUT2D eigenvalue weighted by Gasteiger charge is 2.13. The third-order valence-corrected chi connectivity index (χ3v) is 2.50. The van der Waals surface area contributed by atoms with Crippen LogP contribution in [0.5, 0.6) is 0 Å². The van der Waals surface area contributed by atoms with Gasteiger partial charge in [0.1, 0.15) is 0 Å². The van der Waals surface area contributed by atoms with Crippen LogP contribution in [0.3, 0.4) is 0 Å². The lowest BCUT2D eigenvalue weighted by Crippen LogP contribution is -2.15. The van der Waals surface area contributed by atoms with E-state index in [0.717, 1.165) is 5.69 Å². The van der Waals surface area contributed by atoms with Gasteiger partial charge in [-0.05, 0) is 30.3 Å². The van der Waals surface area contributed by atoms with Crippen LogP contribution in [0, 0.1) is 0 Å². The minimum absolute atomic E-state index is 0.103. The smallest absolute Gasteiger partial charge is 0.359 e. The lowest BCUT2D eigenvalue weighted by atomic mass is 10.3. The van der Waals surface area contributed by atoms with Crippen molar-refractivity contribution in [3.63, 3.8) is 0 Å². The fourth-order valence-corrected chi connectivity index (χ4v) is 1.46. The lowest BCUT2D eigenvalue weighted by Gasteiger charge is -2.02. The molecule has 7 nitrogen and oxygen atoms in total. The molecule has 0 aliphatic heterocycles. The fourth-order valence-electron chi connectivity index (χ4n) is 1.46. The molecule has 0 amide bonds. The van der Waals surface area contributed by atoms with Crippen molar-refractivity contribution >= 4 is 17.6 Å². The summed E-state index contributed by atoms with van der Waals surface area (Å²) in [5, 5.41) is 4.06. The number of carbonyl (C=O) groups is 2. The number of nitrogens with zero attached hydrogens (tertiary/aromatic N) is 2. The lowest BCUT2D eigenvalue weighted by molar-refractivity contribution is -0.144. The van der Waals surface area contributed by atoms with E-state index >= 15 is 0 Å². The predicted octanol–water partition coefficient (Wildman–Crippen LogP) is 0.784. The Morgan fingerprint density at radius 1 is 1.25 bits per heavy atom. The largest absolute Gasteiger partial charge is 0.466 e. The minimum atomic E-state index is -0.690. The second kappa shape index (κ2) is 5.87. The van der Waals surface area contributed by atoms with E-state index in [4.69, 9.17) is 10.5 Å². The number of esters is 2. The molecule has 1 aromatic carbocycles. The van der Waals surface area contributed by atoms with Crippen LogP contribution in [0.15, 0.2) is 36.5 Å². The van der Waals surface area contributed by atoms with E-state index < -0.39 is 18.5 Å². The quantitative estimate of drug-likeness (QED) is 0.654. The Kier molecular flexibility index (Phi) is 3.99. The van der Waals surface area contributed by atoms with Crippen molar-refractivity contribution < 1.29 is 19.1 Å². The molecular formula is C13H13N3O4. The van der Waals surface area contributed by atoms with Crippen molar-refractivity contribution in [1.82, 2.24) is 9.78 Å². The maximum absolute atomic E-state index is 11.6. The number of aromatic nitrogens is 2. The van der Waals surface area contributed by atoms with Gasteiger partial charge < -0.3 is 15.2 Å². The summed E-state index contributed by atoms with van der Waals surface area (Å²) in [6.45, 7) is -0.440. The van der Waals surface area contributed by atoms with Crippen LogP contribution in [-0.2, 0) is 14.3 Å². The molecule has 7 heteroatoms. The molecule has 1 aromatic heterocycles. The average molecular weight is 275 g/mol. The van der Waals surface area contributed by atoms with Gasteiger partial charge in [0.25, 0.3) is 0 Å². The van der Waals surface area contributed by atoms with Crippen molar-refractivity contribution in [2.24, 2.45) is 0 Å². The van der Waals surface area contributed by atoms with Crippen LogP contribution in [0.2, 0.25) is 0 Å². The standard InChI is InChI=1S/C13H13N3O4/c1-19-12(17)8-20-13(18)11-6-7-16(15-11)10-4-2-9(14)3-5-10/h2-7H,8,14H2,1H3. The van der Waals surface area contributed by atoms with Crippen LogP contribution in [0.1, 0.15) is 10.5 Å². The van der Waals surface area contributed by atoms with Gasteiger partial charge in [0.15, 0.2) is 12.3 Å². The zero-order valence-electron chi connectivity index (χ0n) is 10.8. The van der Waals surface area contributed by atoms with Crippen LogP contribution in [-0.4, -0.2) is 35.4 Å². The van der Waals surface area contributed by atoms with Gasteiger partial charge in [-0.1, -0.05) is 0 Å². The van der Waals surface area contributed by atoms with Crippen LogP contribution < -0.4 is 5.73 Å². The van der Waals surface area contributed by atoms with Crippen molar-refractivity contribution in [2.75, 3.05) is 19.5 Å².